The van der Waals surface area contributed by atoms with Gasteiger partial charge in [-0.1, -0.05) is 342 Å². The molecule has 2 aliphatic rings. The maximum Gasteiger partial charge on any atom is 0.0159 e. The van der Waals surface area contributed by atoms with E-state index in [1.807, 2.05) is 0 Å². The minimum atomic E-state index is -0.249. The first-order valence-corrected chi connectivity index (χ1v) is 38.1. The molecule has 0 amide bonds. The first kappa shape index (κ1) is 64.3. The van der Waals surface area contributed by atoms with Gasteiger partial charge in [-0.2, -0.15) is 0 Å². The molecule has 0 heterocycles. The topological polar surface area (TPSA) is 0 Å². The predicted octanol–water partition coefficient (Wildman–Crippen LogP) is 29.3. The van der Waals surface area contributed by atoms with Crippen LogP contribution in [0.2, 0.25) is 0 Å². The second-order valence-electron chi connectivity index (χ2n) is 30.7. The quantitative estimate of drug-likeness (QED) is 0.0527. The second-order valence-corrected chi connectivity index (χ2v) is 30.7. The summed E-state index contributed by atoms with van der Waals surface area (Å²) in [6.07, 6.45) is 18.1. The van der Waals surface area contributed by atoms with Crippen molar-refractivity contribution < 1.29 is 0 Å². The summed E-state index contributed by atoms with van der Waals surface area (Å²) < 4.78 is 0. The standard InChI is InChI=1S/C101H92/c1-8-10-12-14-16-18-32-66-45-49-68(50-46-66)94-78-34-20-22-36-80(78)95(81-37-23-21-35-79(81)94)72-55-59-76-74-57-53-70(61-89(74)100(4,5)91(76)63-72)71-54-58-75-77-60-56-73(64-92(77)101(6,7)90(75)62-71)96-82-38-24-27-41-85(82)98(86-42-28-25-39-83(86)96)99-87-43-29-26-40-84(87)97(93-65(3)31-30-44-88(93)99)69-51-47-67(48-52-69)33-19-17-15-13-11-9-2/h20-31,34-64H,8-19,32-33H2,1-7H3. The fourth-order valence-electron chi connectivity index (χ4n) is 18.5. The lowest BCUT2D eigenvalue weighted by molar-refractivity contribution is 0.607. The third-order valence-electron chi connectivity index (χ3n) is 23.8. The Hall–Kier alpha value is -10.1. The number of aryl methyl sites for hydroxylation is 3. The van der Waals surface area contributed by atoms with Gasteiger partial charge in [0.1, 0.15) is 0 Å². The Morgan fingerprint density at radius 1 is 0.228 bits per heavy atom. The van der Waals surface area contributed by atoms with Gasteiger partial charge < -0.3 is 0 Å². The average molecular weight is 1310 g/mol. The highest BCUT2D eigenvalue weighted by molar-refractivity contribution is 6.30. The van der Waals surface area contributed by atoms with Crippen LogP contribution in [-0.2, 0) is 23.7 Å². The van der Waals surface area contributed by atoms with E-state index in [9.17, 15) is 0 Å². The third-order valence-corrected chi connectivity index (χ3v) is 23.8. The number of hydrogen-bond donors (Lipinski definition) is 0. The monoisotopic (exact) mass is 1300 g/mol. The van der Waals surface area contributed by atoms with Gasteiger partial charge in [-0.15, -0.1) is 0 Å². The van der Waals surface area contributed by atoms with Crippen molar-refractivity contribution in [2.75, 3.05) is 0 Å². The maximum absolute atomic E-state index is 2.55. The summed E-state index contributed by atoms with van der Waals surface area (Å²) in [5.41, 5.74) is 30.1. The molecular weight excluding hydrogens is 1210 g/mol. The lowest BCUT2D eigenvalue weighted by Gasteiger charge is -2.25. The van der Waals surface area contributed by atoms with Crippen molar-refractivity contribution in [3.8, 4) is 89.0 Å². The summed E-state index contributed by atoms with van der Waals surface area (Å²) >= 11 is 0. The number of hydrogen-bond acceptors (Lipinski definition) is 0. The molecule has 15 aromatic carbocycles. The van der Waals surface area contributed by atoms with E-state index < -0.39 is 0 Å². The lowest BCUT2D eigenvalue weighted by atomic mass is 9.78. The largest absolute Gasteiger partial charge is 0.0654 e. The molecule has 0 heteroatoms. The predicted molar refractivity (Wildman–Crippen MR) is 438 cm³/mol. The molecule has 17 rings (SSSR count). The van der Waals surface area contributed by atoms with Gasteiger partial charge in [0.2, 0.25) is 0 Å². The van der Waals surface area contributed by atoms with Gasteiger partial charge in [0.05, 0.1) is 0 Å². The van der Waals surface area contributed by atoms with Crippen molar-refractivity contribution in [3.63, 3.8) is 0 Å². The minimum absolute atomic E-state index is 0.223. The lowest BCUT2D eigenvalue weighted by Crippen LogP contribution is -2.15. The normalized spacial score (nSPS) is 13.4. The summed E-state index contributed by atoms with van der Waals surface area (Å²) in [5.74, 6) is 0. The molecule has 0 unspecified atom stereocenters. The van der Waals surface area contributed by atoms with Gasteiger partial charge in [-0.25, -0.2) is 0 Å². The second kappa shape index (κ2) is 26.4. The van der Waals surface area contributed by atoms with Crippen molar-refractivity contribution in [2.45, 2.75) is 149 Å². The SMILES string of the molecule is CCCCCCCCc1ccc(-c2c3ccccc3c(-c3ccc4c(c3)C(C)(C)c3cc(-c5ccc6c(c5)C(C)(C)c5cc(-c7c8ccccc8c(-c8c9ccccc9c(-c9ccc(CCCCCCCC)cc9)c9c(C)cccc89)c8ccccc78)ccc5-6)ccc3-4)c3ccccc23)cc1. The van der Waals surface area contributed by atoms with Gasteiger partial charge in [0.25, 0.3) is 0 Å². The molecule has 0 fully saturated rings. The third kappa shape index (κ3) is 11.0. The van der Waals surface area contributed by atoms with E-state index in [0.717, 1.165) is 12.8 Å². The van der Waals surface area contributed by atoms with E-state index in [0.29, 0.717) is 0 Å². The van der Waals surface area contributed by atoms with Crippen LogP contribution < -0.4 is 0 Å². The molecule has 0 aliphatic heterocycles. The van der Waals surface area contributed by atoms with Gasteiger partial charge in [0.15, 0.2) is 0 Å². The summed E-state index contributed by atoms with van der Waals surface area (Å²) in [6.45, 7) is 16.7. The Labute approximate surface area is 598 Å². The number of fused-ring (bicyclic) bond motifs is 12. The zero-order valence-corrected chi connectivity index (χ0v) is 60.2. The smallest absolute Gasteiger partial charge is 0.0159 e. The molecular formula is C101H92. The summed E-state index contributed by atoms with van der Waals surface area (Å²) in [5, 5.41) is 15.5. The van der Waals surface area contributed by atoms with Gasteiger partial charge in [-0.05, 0) is 249 Å². The van der Waals surface area contributed by atoms with Crippen LogP contribution in [0.3, 0.4) is 0 Å². The van der Waals surface area contributed by atoms with Crippen molar-refractivity contribution in [2.24, 2.45) is 0 Å². The van der Waals surface area contributed by atoms with Crippen LogP contribution in [0, 0.1) is 6.92 Å². The minimum Gasteiger partial charge on any atom is -0.0654 e. The van der Waals surface area contributed by atoms with E-state index in [1.165, 1.54) is 270 Å². The Morgan fingerprint density at radius 2 is 0.495 bits per heavy atom. The van der Waals surface area contributed by atoms with Gasteiger partial charge in [-0.3, -0.25) is 0 Å². The maximum atomic E-state index is 2.55. The molecule has 15 aromatic rings. The van der Waals surface area contributed by atoms with E-state index in [-0.39, 0.29) is 10.8 Å². The highest BCUT2D eigenvalue weighted by Gasteiger charge is 2.39. The first-order valence-electron chi connectivity index (χ1n) is 38.1. The Kier molecular flexibility index (Phi) is 16.8. The molecule has 0 radical (unpaired) electrons. The van der Waals surface area contributed by atoms with E-state index >= 15 is 0 Å². The molecule has 0 spiro atoms. The molecule has 0 nitrogen and oxygen atoms in total. The molecule has 496 valence electrons. The van der Waals surface area contributed by atoms with Crippen LogP contribution in [0.1, 0.15) is 158 Å². The summed E-state index contributed by atoms with van der Waals surface area (Å²) in [7, 11) is 0. The van der Waals surface area contributed by atoms with Crippen LogP contribution in [0.4, 0.5) is 0 Å². The number of rotatable bonds is 20. The van der Waals surface area contributed by atoms with Crippen molar-refractivity contribution in [1.82, 2.24) is 0 Å². The molecule has 0 N–H and O–H groups in total. The van der Waals surface area contributed by atoms with E-state index in [4.69, 9.17) is 0 Å². The van der Waals surface area contributed by atoms with Crippen LogP contribution >= 0.6 is 0 Å². The molecule has 0 bridgehead atoms. The molecule has 0 saturated heterocycles. The number of benzene rings is 15. The van der Waals surface area contributed by atoms with E-state index in [1.54, 1.807) is 0 Å². The highest BCUT2D eigenvalue weighted by Crippen LogP contribution is 2.57. The summed E-state index contributed by atoms with van der Waals surface area (Å²) in [4.78, 5) is 0. The van der Waals surface area contributed by atoms with Crippen LogP contribution in [0.5, 0.6) is 0 Å². The fraction of sp³-hybridized carbons (Fsp3) is 0.228. The van der Waals surface area contributed by atoms with Crippen molar-refractivity contribution in [1.29, 1.82) is 0 Å². The van der Waals surface area contributed by atoms with Crippen molar-refractivity contribution in [3.05, 3.63) is 300 Å². The Balaban J connectivity index is 0.695. The highest BCUT2D eigenvalue weighted by atomic mass is 14.4. The zero-order chi connectivity index (χ0) is 68.5. The van der Waals surface area contributed by atoms with Gasteiger partial charge >= 0.3 is 0 Å². The molecule has 101 heavy (non-hydrogen) atoms. The van der Waals surface area contributed by atoms with Crippen molar-refractivity contribution >= 4 is 64.6 Å². The summed E-state index contributed by atoms with van der Waals surface area (Å²) in [6, 6.07) is 101. The first-order chi connectivity index (χ1) is 49.5. The van der Waals surface area contributed by atoms with Crippen LogP contribution in [0.25, 0.3) is 154 Å². The van der Waals surface area contributed by atoms with Gasteiger partial charge in [0, 0.05) is 10.8 Å². The van der Waals surface area contributed by atoms with Crippen LogP contribution in [0.15, 0.2) is 261 Å². The fourth-order valence-corrected chi connectivity index (χ4v) is 18.5. The average Bonchev–Trinajstić information content (AvgIpc) is 1.34. The Bertz CT molecular complexity index is 5610. The molecule has 0 saturated carbocycles. The zero-order valence-electron chi connectivity index (χ0n) is 60.2. The molecule has 0 atom stereocenters. The molecule has 0 aromatic heterocycles. The number of unbranched alkanes of at least 4 members (excludes halogenated alkanes) is 10. The van der Waals surface area contributed by atoms with Crippen LogP contribution in [-0.4, -0.2) is 0 Å². The molecule has 2 aliphatic carbocycles. The Morgan fingerprint density at radius 3 is 0.861 bits per heavy atom. The van der Waals surface area contributed by atoms with E-state index in [2.05, 4.69) is 309 Å².